The lowest BCUT2D eigenvalue weighted by Gasteiger charge is -2.18. The Kier molecular flexibility index (Phi) is 9.56. The molecule has 0 bridgehead atoms. The molecule has 2 aromatic carbocycles. The molecule has 4 rings (SSSR count). The number of amides is 2. The number of nitrogens with one attached hydrogen (secondary N) is 2. The van der Waals surface area contributed by atoms with Crippen molar-refractivity contribution in [1.29, 1.82) is 5.26 Å². The molecule has 1 fully saturated rings. The molecular weight excluding hydrogens is 508 g/mol. The lowest BCUT2D eigenvalue weighted by atomic mass is 10.0. The van der Waals surface area contributed by atoms with E-state index in [9.17, 15) is 19.6 Å². The second kappa shape index (κ2) is 13.3. The van der Waals surface area contributed by atoms with Crippen LogP contribution in [0.15, 0.2) is 42.6 Å². The summed E-state index contributed by atoms with van der Waals surface area (Å²) in [5, 5.41) is 25.1. The van der Waals surface area contributed by atoms with Gasteiger partial charge in [0.25, 0.3) is 5.91 Å². The average molecular weight is 545 g/mol. The number of carbonyl (C=O) groups excluding carboxylic acids is 2. The van der Waals surface area contributed by atoms with Crippen molar-refractivity contribution >= 4 is 34.4 Å². The first-order valence-corrected chi connectivity index (χ1v) is 13.8. The first-order chi connectivity index (χ1) is 19.3. The topological polar surface area (TPSA) is 133 Å². The van der Waals surface area contributed by atoms with E-state index in [1.807, 2.05) is 23.8 Å². The number of fused-ring (bicyclic) bond motifs is 1. The monoisotopic (exact) mass is 544 g/mol. The van der Waals surface area contributed by atoms with Crippen molar-refractivity contribution in [2.45, 2.75) is 70.9 Å². The van der Waals surface area contributed by atoms with Gasteiger partial charge in [0.15, 0.2) is 0 Å². The van der Waals surface area contributed by atoms with Crippen LogP contribution >= 0.6 is 0 Å². The van der Waals surface area contributed by atoms with E-state index in [0.717, 1.165) is 34.9 Å². The molecule has 210 valence electrons. The van der Waals surface area contributed by atoms with Gasteiger partial charge in [0, 0.05) is 41.3 Å². The molecule has 1 atom stereocenters. The highest BCUT2D eigenvalue weighted by molar-refractivity contribution is 6.00. The highest BCUT2D eigenvalue weighted by Crippen LogP contribution is 2.27. The first kappa shape index (κ1) is 28.8. The van der Waals surface area contributed by atoms with Crippen LogP contribution in [-0.2, 0) is 20.7 Å². The largest absolute Gasteiger partial charge is 0.481 e. The second-order valence-electron chi connectivity index (χ2n) is 10.4. The summed E-state index contributed by atoms with van der Waals surface area (Å²) < 4.78 is 7.68. The van der Waals surface area contributed by atoms with Crippen molar-refractivity contribution in [1.82, 2.24) is 9.88 Å². The van der Waals surface area contributed by atoms with Crippen molar-refractivity contribution in [3.63, 3.8) is 0 Å². The molecule has 1 unspecified atom stereocenters. The van der Waals surface area contributed by atoms with E-state index in [1.165, 1.54) is 12.8 Å². The summed E-state index contributed by atoms with van der Waals surface area (Å²) >= 11 is 0. The predicted molar refractivity (Wildman–Crippen MR) is 152 cm³/mol. The molecule has 2 amide bonds. The number of anilines is 1. The Hall–Kier alpha value is -4.16. The highest BCUT2D eigenvalue weighted by Gasteiger charge is 2.21. The van der Waals surface area contributed by atoms with Crippen LogP contribution in [0.2, 0.25) is 0 Å². The Labute approximate surface area is 234 Å². The summed E-state index contributed by atoms with van der Waals surface area (Å²) in [5.74, 6) is -1.36. The number of benzene rings is 2. The molecule has 0 spiro atoms. The molecule has 3 aromatic rings. The number of carbonyl (C=O) groups is 3. The van der Waals surface area contributed by atoms with Crippen molar-refractivity contribution in [2.75, 3.05) is 18.5 Å². The van der Waals surface area contributed by atoms with E-state index in [-0.39, 0.29) is 18.2 Å². The minimum Gasteiger partial charge on any atom is -0.481 e. The Balaban J connectivity index is 1.47. The summed E-state index contributed by atoms with van der Waals surface area (Å²) in [4.78, 5) is 37.2. The Morgan fingerprint density at radius 1 is 1.18 bits per heavy atom. The van der Waals surface area contributed by atoms with Gasteiger partial charge in [-0.3, -0.25) is 14.4 Å². The number of aryl methyl sites for hydroxylation is 2. The van der Waals surface area contributed by atoms with Crippen molar-refractivity contribution < 1.29 is 24.2 Å². The van der Waals surface area contributed by atoms with Crippen molar-refractivity contribution in [3.8, 4) is 6.07 Å². The van der Waals surface area contributed by atoms with E-state index < -0.39 is 12.0 Å². The molecule has 0 saturated heterocycles. The lowest BCUT2D eigenvalue weighted by Crippen LogP contribution is -2.28. The number of aliphatic carboxylic acids is 1. The van der Waals surface area contributed by atoms with Crippen LogP contribution in [0.1, 0.15) is 78.5 Å². The number of hydrogen-bond acceptors (Lipinski definition) is 5. The van der Waals surface area contributed by atoms with Crippen LogP contribution in [0.5, 0.6) is 0 Å². The number of hydrogen-bond donors (Lipinski definition) is 3. The molecule has 3 N–H and O–H groups in total. The highest BCUT2D eigenvalue weighted by atomic mass is 16.5. The fourth-order valence-electron chi connectivity index (χ4n) is 5.21. The summed E-state index contributed by atoms with van der Waals surface area (Å²) in [6.45, 7) is 4.65. The predicted octanol–water partition coefficient (Wildman–Crippen LogP) is 5.12. The van der Waals surface area contributed by atoms with E-state index in [0.29, 0.717) is 48.9 Å². The zero-order valence-electron chi connectivity index (χ0n) is 23.0. The number of carboxylic acids is 1. The van der Waals surface area contributed by atoms with Crippen LogP contribution in [0, 0.1) is 18.3 Å². The minimum atomic E-state index is -0.881. The zero-order chi connectivity index (χ0) is 28.6. The quantitative estimate of drug-likeness (QED) is 0.271. The van der Waals surface area contributed by atoms with E-state index in [4.69, 9.17) is 9.84 Å². The van der Waals surface area contributed by atoms with Crippen molar-refractivity contribution in [3.05, 3.63) is 64.8 Å². The maximum atomic E-state index is 13.4. The summed E-state index contributed by atoms with van der Waals surface area (Å²) in [6.07, 6.45) is 7.66. The average Bonchev–Trinajstić information content (AvgIpc) is 3.58. The van der Waals surface area contributed by atoms with E-state index >= 15 is 0 Å². The minimum absolute atomic E-state index is 0.0158. The lowest BCUT2D eigenvalue weighted by molar-refractivity contribution is -0.137. The number of aromatic nitrogens is 1. The number of nitrogens with zero attached hydrogens (tertiary/aromatic N) is 2. The Bertz CT molecular complexity index is 1430. The smallest absolute Gasteiger partial charge is 0.303 e. The maximum Gasteiger partial charge on any atom is 0.303 e. The molecule has 1 aliphatic carbocycles. The maximum absolute atomic E-state index is 13.4. The first-order valence-electron chi connectivity index (χ1n) is 13.8. The molecule has 1 aromatic heterocycles. The van der Waals surface area contributed by atoms with Crippen molar-refractivity contribution in [2.24, 2.45) is 0 Å². The van der Waals surface area contributed by atoms with E-state index in [2.05, 4.69) is 16.7 Å². The molecular formula is C31H36N4O5. The molecule has 1 saturated carbocycles. The molecule has 40 heavy (non-hydrogen) atoms. The summed E-state index contributed by atoms with van der Waals surface area (Å²) in [7, 11) is 0. The molecule has 1 heterocycles. The van der Waals surface area contributed by atoms with Gasteiger partial charge in [-0.15, -0.1) is 0 Å². The number of rotatable bonds is 12. The molecule has 1 aliphatic rings. The van der Waals surface area contributed by atoms with E-state index in [1.54, 1.807) is 37.3 Å². The summed E-state index contributed by atoms with van der Waals surface area (Å²) in [6, 6.07) is 12.0. The zero-order valence-corrected chi connectivity index (χ0v) is 23.0. The third-order valence-corrected chi connectivity index (χ3v) is 7.47. The van der Waals surface area contributed by atoms with Crippen LogP contribution in [0.25, 0.3) is 10.9 Å². The van der Waals surface area contributed by atoms with Gasteiger partial charge >= 0.3 is 5.97 Å². The van der Waals surface area contributed by atoms with Crippen LogP contribution in [-0.4, -0.2) is 46.7 Å². The van der Waals surface area contributed by atoms with Gasteiger partial charge in [-0.25, -0.2) is 0 Å². The van der Waals surface area contributed by atoms with Crippen LogP contribution < -0.4 is 10.6 Å². The molecule has 9 nitrogen and oxygen atoms in total. The standard InChI is InChI=1S/C31H36N4O5/c1-20-19-35(21(2)30(38)34-27-16-22(18-32)10-11-23(27)6-5-9-29(36)37)28-17-24(12-13-26(20)28)31(39)33-14-15-40-25-7-3-4-8-25/h10-13,16-17,19,21,25H,3-9,14-15H2,1-2H3,(H,33,39)(H,34,38)(H,36,37). The fraction of sp³-hybridized carbons (Fsp3) is 0.419. The third kappa shape index (κ3) is 7.07. The number of carboxylic acid groups (broad SMARTS) is 1. The number of nitriles is 1. The SMILES string of the molecule is Cc1cn(C(C)C(=O)Nc2cc(C#N)ccc2CCCC(=O)O)c2cc(C(=O)NCCOC3CCCC3)ccc12. The molecule has 9 heteroatoms. The van der Waals surface area contributed by atoms with Crippen LogP contribution in [0.4, 0.5) is 5.69 Å². The second-order valence-corrected chi connectivity index (χ2v) is 10.4. The van der Waals surface area contributed by atoms with Gasteiger partial charge < -0.3 is 25.0 Å². The van der Waals surface area contributed by atoms with Gasteiger partial charge in [0.05, 0.1) is 24.3 Å². The molecule has 0 aliphatic heterocycles. The number of ether oxygens (including phenoxy) is 1. The Morgan fingerprint density at radius 3 is 2.67 bits per heavy atom. The summed E-state index contributed by atoms with van der Waals surface area (Å²) in [5.41, 5.74) is 3.91. The van der Waals surface area contributed by atoms with Crippen LogP contribution in [0.3, 0.4) is 0 Å². The third-order valence-electron chi connectivity index (χ3n) is 7.47. The Morgan fingerprint density at radius 2 is 1.95 bits per heavy atom. The molecule has 0 radical (unpaired) electrons. The normalized spacial score (nSPS) is 14.1. The van der Waals surface area contributed by atoms with Gasteiger partial charge in [-0.2, -0.15) is 5.26 Å². The van der Waals surface area contributed by atoms with Gasteiger partial charge in [-0.1, -0.05) is 25.0 Å². The fourth-order valence-corrected chi connectivity index (χ4v) is 5.21. The van der Waals surface area contributed by atoms with Gasteiger partial charge in [0.2, 0.25) is 5.91 Å². The van der Waals surface area contributed by atoms with Gasteiger partial charge in [-0.05, 0) is 74.9 Å². The van der Waals surface area contributed by atoms with Gasteiger partial charge in [0.1, 0.15) is 6.04 Å².